The number of methoxy groups -OCH3 is 2. The molecular weight excluding hydrogens is 1010 g/mol. The van der Waals surface area contributed by atoms with E-state index in [1.54, 1.807) is 117 Å². The standard InChI is InChI=1S/C25H20N2O4.C23H16N2O5.C12H11NO3.Na/c1-16-5-6-17(19-4-3-10-26-14-19)12-22(16)24(28)27-23-13-18(20-9-11-31-15-20)7-8-21(23)25(29)30-2;26-21-6-4-14(16-2-1-8-24-12-16)10-19(21)22(27)25-20-11-15(17-7-9-30-13-17)3-5-18(20)23(28)29;1-15-12(14)10-3-2-8(6-11(10)13)9-4-5-16-7-9;/h3-15H,1-2H3,(H,27,28);1-13,26H,(H,25,27)(H,28,29);2-7H,13H2,1H3;/q;;;+1/p-1. The SMILES string of the molecule is COC(=O)c1ccc(-c2ccoc2)cc1N.COC(=O)c1ccc(-c2ccoc2)cc1NC(=O)c1cc(-c2cccnc2)ccc1C.O=C(Nc1cc(-c2ccoc2)ccc1C(=O)[O-])c1cc(-c2cccnc2)ccc1O.[Na+]. The largest absolute Gasteiger partial charge is 1.00 e. The normalized spacial score (nSPS) is 10.3. The van der Waals surface area contributed by atoms with Gasteiger partial charge in [0.1, 0.15) is 5.75 Å². The molecule has 0 saturated heterocycles. The maximum Gasteiger partial charge on any atom is 1.00 e. The summed E-state index contributed by atoms with van der Waals surface area (Å²) in [6, 6.07) is 37.7. The van der Waals surface area contributed by atoms with E-state index >= 15 is 0 Å². The Balaban J connectivity index is 0.000000177. The Morgan fingerprint density at radius 1 is 0.500 bits per heavy atom. The Hall–Kier alpha value is -9.81. The second-order valence-electron chi connectivity index (χ2n) is 16.8. The smallest absolute Gasteiger partial charge is 0.545 e. The number of hydrogen-bond donors (Lipinski definition) is 4. The summed E-state index contributed by atoms with van der Waals surface area (Å²) in [4.78, 5) is 69.3. The van der Waals surface area contributed by atoms with Gasteiger partial charge in [-0.1, -0.05) is 54.6 Å². The molecule has 18 heteroatoms. The van der Waals surface area contributed by atoms with Crippen LogP contribution in [0.2, 0.25) is 0 Å². The van der Waals surface area contributed by atoms with Crippen molar-refractivity contribution in [2.24, 2.45) is 0 Å². The molecule has 0 spiro atoms. The van der Waals surface area contributed by atoms with Gasteiger partial charge in [-0.2, -0.15) is 0 Å². The molecule has 10 rings (SSSR count). The van der Waals surface area contributed by atoms with Crippen LogP contribution in [0, 0.1) is 6.92 Å². The third kappa shape index (κ3) is 13.5. The quantitative estimate of drug-likeness (QED) is 0.0513. The number of esters is 2. The number of nitrogens with two attached hydrogens (primary N) is 1. The summed E-state index contributed by atoms with van der Waals surface area (Å²) in [7, 11) is 2.63. The predicted octanol–water partition coefficient (Wildman–Crippen LogP) is 8.01. The molecule has 0 aliphatic heterocycles. The minimum absolute atomic E-state index is 0. The number of nitrogens with zero attached hydrogens (tertiary/aromatic N) is 2. The minimum Gasteiger partial charge on any atom is -0.545 e. The van der Waals surface area contributed by atoms with E-state index in [2.05, 4.69) is 25.3 Å². The van der Waals surface area contributed by atoms with Crippen molar-refractivity contribution in [3.8, 4) is 61.4 Å². The molecule has 5 aromatic carbocycles. The molecular formula is C60H46N5NaO12. The molecule has 0 aliphatic carbocycles. The van der Waals surface area contributed by atoms with Gasteiger partial charge in [-0.25, -0.2) is 9.59 Å². The number of nitrogen functional groups attached to an aromatic ring is 1. The predicted molar refractivity (Wildman–Crippen MR) is 286 cm³/mol. The molecule has 0 unspecified atom stereocenters. The van der Waals surface area contributed by atoms with Crippen molar-refractivity contribution >= 4 is 46.8 Å². The molecule has 5 aromatic heterocycles. The van der Waals surface area contributed by atoms with E-state index in [9.17, 15) is 34.2 Å². The van der Waals surface area contributed by atoms with Crippen LogP contribution in [0.3, 0.4) is 0 Å². The number of amides is 2. The van der Waals surface area contributed by atoms with Crippen LogP contribution in [0.4, 0.5) is 17.1 Å². The zero-order valence-electron chi connectivity index (χ0n) is 42.4. The van der Waals surface area contributed by atoms with Crippen molar-refractivity contribution < 1.29 is 86.5 Å². The number of nitrogens with one attached hydrogen (secondary N) is 2. The number of furan rings is 3. The Kier molecular flexibility index (Phi) is 18.7. The average Bonchev–Trinajstić information content (AvgIpc) is 4.31. The number of aromatic hydroxyl groups is 1. The number of phenolic OH excluding ortho intramolecular Hbond substituents is 1. The van der Waals surface area contributed by atoms with Gasteiger partial charge in [-0.15, -0.1) is 0 Å². The Bertz CT molecular complexity index is 3700. The van der Waals surface area contributed by atoms with Crippen molar-refractivity contribution in [1.82, 2.24) is 9.97 Å². The van der Waals surface area contributed by atoms with E-state index in [0.717, 1.165) is 50.1 Å². The Labute approximate surface area is 468 Å². The molecule has 0 atom stereocenters. The third-order valence-electron chi connectivity index (χ3n) is 11.9. The number of carbonyl (C=O) groups is 5. The number of aromatic nitrogens is 2. The number of hydrogen-bond acceptors (Lipinski definition) is 15. The van der Waals surface area contributed by atoms with Crippen molar-refractivity contribution in [3.63, 3.8) is 0 Å². The summed E-state index contributed by atoms with van der Waals surface area (Å²) in [6.45, 7) is 1.87. The van der Waals surface area contributed by atoms with E-state index in [-0.39, 0.29) is 63.6 Å². The number of carboxylic acid groups (broad SMARTS) is 1. The zero-order valence-corrected chi connectivity index (χ0v) is 44.4. The molecule has 78 heavy (non-hydrogen) atoms. The summed E-state index contributed by atoms with van der Waals surface area (Å²) in [5, 5.41) is 27.1. The molecule has 5 heterocycles. The fourth-order valence-electron chi connectivity index (χ4n) is 7.83. The van der Waals surface area contributed by atoms with Gasteiger partial charge >= 0.3 is 41.5 Å². The van der Waals surface area contributed by atoms with E-state index < -0.39 is 23.8 Å². The molecule has 0 saturated carbocycles. The number of anilines is 3. The van der Waals surface area contributed by atoms with Gasteiger partial charge in [0.25, 0.3) is 11.8 Å². The number of carboxylic acids is 1. The molecule has 10 aromatic rings. The van der Waals surface area contributed by atoms with Crippen LogP contribution >= 0.6 is 0 Å². The van der Waals surface area contributed by atoms with Crippen LogP contribution in [-0.4, -0.2) is 59.0 Å². The maximum absolute atomic E-state index is 13.2. The van der Waals surface area contributed by atoms with Gasteiger partial charge in [0.05, 0.1) is 85.8 Å². The van der Waals surface area contributed by atoms with Crippen molar-refractivity contribution in [2.75, 3.05) is 30.6 Å². The van der Waals surface area contributed by atoms with Crippen molar-refractivity contribution in [2.45, 2.75) is 6.92 Å². The fourth-order valence-corrected chi connectivity index (χ4v) is 7.83. The first kappa shape index (κ1) is 55.9. The van der Waals surface area contributed by atoms with Gasteiger partial charge in [0.15, 0.2) is 0 Å². The second kappa shape index (κ2) is 26.1. The van der Waals surface area contributed by atoms with Crippen LogP contribution < -0.4 is 51.0 Å². The monoisotopic (exact) mass is 1050 g/mol. The summed E-state index contributed by atoms with van der Waals surface area (Å²) in [5.74, 6) is -3.62. The summed E-state index contributed by atoms with van der Waals surface area (Å²) >= 11 is 0. The van der Waals surface area contributed by atoms with Gasteiger partial charge in [0, 0.05) is 69.4 Å². The van der Waals surface area contributed by atoms with E-state index in [0.29, 0.717) is 33.6 Å². The number of rotatable bonds is 12. The number of carbonyl (C=O) groups excluding carboxylic acids is 5. The molecule has 0 aliphatic rings. The van der Waals surface area contributed by atoms with Crippen LogP contribution in [0.25, 0.3) is 55.6 Å². The molecule has 17 nitrogen and oxygen atoms in total. The van der Waals surface area contributed by atoms with E-state index in [1.165, 1.54) is 51.0 Å². The Morgan fingerprint density at radius 2 is 0.923 bits per heavy atom. The molecule has 2 amide bonds. The second-order valence-corrected chi connectivity index (χ2v) is 16.8. The van der Waals surface area contributed by atoms with E-state index in [1.807, 2.05) is 49.4 Å². The van der Waals surface area contributed by atoms with Crippen LogP contribution in [-0.2, 0) is 9.47 Å². The van der Waals surface area contributed by atoms with Gasteiger partial charge in [-0.3, -0.25) is 19.6 Å². The minimum atomic E-state index is -1.43. The summed E-state index contributed by atoms with van der Waals surface area (Å²) < 4.78 is 24.7. The molecule has 0 radical (unpaired) electrons. The molecule has 0 fully saturated rings. The molecule has 384 valence electrons. The number of phenols is 1. The average molecular weight is 1050 g/mol. The summed E-state index contributed by atoms with van der Waals surface area (Å²) in [5.41, 5.74) is 16.4. The first-order valence-electron chi connectivity index (χ1n) is 23.3. The van der Waals surface area contributed by atoms with E-state index in [4.69, 9.17) is 23.7 Å². The van der Waals surface area contributed by atoms with Crippen molar-refractivity contribution in [1.29, 1.82) is 0 Å². The van der Waals surface area contributed by atoms with Crippen LogP contribution in [0.1, 0.15) is 57.4 Å². The zero-order chi connectivity index (χ0) is 54.4. The van der Waals surface area contributed by atoms with Gasteiger partial charge < -0.3 is 54.1 Å². The maximum atomic E-state index is 13.2. The van der Waals surface area contributed by atoms with Gasteiger partial charge in [0.2, 0.25) is 0 Å². The first-order chi connectivity index (χ1) is 37.3. The number of pyridine rings is 2. The van der Waals surface area contributed by atoms with Crippen LogP contribution in [0.5, 0.6) is 5.75 Å². The molecule has 5 N–H and O–H groups in total. The number of aryl methyl sites for hydroxylation is 1. The third-order valence-corrected chi connectivity index (χ3v) is 11.9. The summed E-state index contributed by atoms with van der Waals surface area (Å²) in [6.07, 6.45) is 16.1. The number of benzene rings is 5. The van der Waals surface area contributed by atoms with Crippen molar-refractivity contribution in [3.05, 3.63) is 229 Å². The topological polar surface area (TPSA) is 262 Å². The first-order valence-corrected chi connectivity index (χ1v) is 23.3. The van der Waals surface area contributed by atoms with Gasteiger partial charge in [-0.05, 0) is 119 Å². The Morgan fingerprint density at radius 3 is 1.38 bits per heavy atom. The number of ether oxygens (including phenoxy) is 2. The van der Waals surface area contributed by atoms with Crippen LogP contribution in [0.15, 0.2) is 209 Å². The number of aromatic carboxylic acids is 1. The molecule has 0 bridgehead atoms. The fraction of sp³-hybridized carbons (Fsp3) is 0.0500.